The van der Waals surface area contributed by atoms with Gasteiger partial charge in [-0.2, -0.15) is 9.40 Å². The zero-order valence-corrected chi connectivity index (χ0v) is 14.3. The summed E-state index contributed by atoms with van der Waals surface area (Å²) in [6, 6.07) is 9.30. The lowest BCUT2D eigenvalue weighted by atomic mass is 10.2. The van der Waals surface area contributed by atoms with Gasteiger partial charge in [0.2, 0.25) is 10.0 Å². The summed E-state index contributed by atoms with van der Waals surface area (Å²) in [5.41, 5.74) is 3.52. The lowest BCUT2D eigenvalue weighted by Crippen LogP contribution is -2.40. The lowest BCUT2D eigenvalue weighted by Gasteiger charge is -2.27. The fraction of sp³-hybridized carbons (Fsp3) is 0.471. The second-order valence-corrected chi connectivity index (χ2v) is 8.35. The van der Waals surface area contributed by atoms with E-state index in [9.17, 15) is 8.42 Å². The van der Waals surface area contributed by atoms with Crippen LogP contribution < -0.4 is 4.74 Å². The molecule has 0 radical (unpaired) electrons. The van der Waals surface area contributed by atoms with Crippen molar-refractivity contribution in [3.63, 3.8) is 0 Å². The molecular formula is C17H21N3O3S. The maximum atomic E-state index is 12.6. The summed E-state index contributed by atoms with van der Waals surface area (Å²) in [6.45, 7) is 1.73. The van der Waals surface area contributed by atoms with Crippen molar-refractivity contribution in [2.45, 2.75) is 32.4 Å². The van der Waals surface area contributed by atoms with Gasteiger partial charge < -0.3 is 4.74 Å². The molecule has 2 aliphatic rings. The minimum atomic E-state index is -3.32. The number of aryl methyl sites for hydroxylation is 1. The molecule has 1 aliphatic carbocycles. The number of fused-ring (bicyclic) bond motifs is 3. The molecular weight excluding hydrogens is 326 g/mol. The van der Waals surface area contributed by atoms with Gasteiger partial charge in [-0.25, -0.2) is 8.42 Å². The molecule has 1 aromatic carbocycles. The Labute approximate surface area is 142 Å². The number of nitrogens with zero attached hydrogens (tertiary/aromatic N) is 3. The van der Waals surface area contributed by atoms with E-state index < -0.39 is 10.0 Å². The maximum Gasteiger partial charge on any atom is 0.217 e. The van der Waals surface area contributed by atoms with Crippen LogP contribution in [0.5, 0.6) is 5.75 Å². The molecule has 0 saturated heterocycles. The van der Waals surface area contributed by atoms with E-state index in [4.69, 9.17) is 4.74 Å². The second-order valence-electron chi connectivity index (χ2n) is 6.26. The van der Waals surface area contributed by atoms with Gasteiger partial charge in [-0.15, -0.1) is 0 Å². The van der Waals surface area contributed by atoms with Crippen LogP contribution in [-0.4, -0.2) is 41.4 Å². The average Bonchev–Trinajstić information content (AvgIpc) is 3.16. The normalized spacial score (nSPS) is 17.5. The molecule has 2 heterocycles. The first kappa shape index (κ1) is 15.7. The summed E-state index contributed by atoms with van der Waals surface area (Å²) >= 11 is 0. The third kappa shape index (κ3) is 2.93. The third-order valence-corrected chi connectivity index (χ3v) is 6.51. The highest BCUT2D eigenvalue weighted by molar-refractivity contribution is 7.89. The number of ether oxygens (including phenoxy) is 1. The third-order valence-electron chi connectivity index (χ3n) is 4.72. The first-order chi connectivity index (χ1) is 11.6. The van der Waals surface area contributed by atoms with E-state index in [2.05, 4.69) is 5.10 Å². The van der Waals surface area contributed by atoms with Gasteiger partial charge in [0.25, 0.3) is 0 Å². The molecule has 6 nitrogen and oxygen atoms in total. The van der Waals surface area contributed by atoms with Gasteiger partial charge in [0.1, 0.15) is 12.4 Å². The molecule has 2 aromatic rings. The van der Waals surface area contributed by atoms with E-state index in [0.29, 0.717) is 25.4 Å². The molecule has 24 heavy (non-hydrogen) atoms. The topological polar surface area (TPSA) is 64.4 Å². The predicted molar refractivity (Wildman–Crippen MR) is 90.4 cm³/mol. The monoisotopic (exact) mass is 347 g/mol. The minimum Gasteiger partial charge on any atom is -0.492 e. The summed E-state index contributed by atoms with van der Waals surface area (Å²) in [5, 5.41) is 4.62. The Hall–Kier alpha value is -1.86. The van der Waals surface area contributed by atoms with Crippen LogP contribution in [0.4, 0.5) is 0 Å². The minimum absolute atomic E-state index is 0.00176. The smallest absolute Gasteiger partial charge is 0.217 e. The number of hydrogen-bond donors (Lipinski definition) is 0. The van der Waals surface area contributed by atoms with Crippen molar-refractivity contribution in [2.75, 3.05) is 18.9 Å². The molecule has 0 saturated carbocycles. The zero-order valence-electron chi connectivity index (χ0n) is 13.5. The van der Waals surface area contributed by atoms with E-state index in [1.165, 1.54) is 5.56 Å². The van der Waals surface area contributed by atoms with Crippen molar-refractivity contribution in [1.29, 1.82) is 0 Å². The van der Waals surface area contributed by atoms with Gasteiger partial charge in [-0.05, 0) is 37.0 Å². The first-order valence-electron chi connectivity index (χ1n) is 8.36. The number of rotatable bonds is 5. The van der Waals surface area contributed by atoms with Crippen LogP contribution in [0.15, 0.2) is 30.3 Å². The summed E-state index contributed by atoms with van der Waals surface area (Å²) in [6.07, 6.45) is 3.17. The van der Waals surface area contributed by atoms with Crippen LogP contribution >= 0.6 is 0 Å². The van der Waals surface area contributed by atoms with Crippen molar-refractivity contribution in [1.82, 2.24) is 14.1 Å². The van der Waals surface area contributed by atoms with Crippen molar-refractivity contribution in [3.8, 4) is 5.75 Å². The summed E-state index contributed by atoms with van der Waals surface area (Å²) < 4.78 is 34.4. The molecule has 0 unspecified atom stereocenters. The van der Waals surface area contributed by atoms with Gasteiger partial charge in [-0.3, -0.25) is 4.68 Å². The van der Waals surface area contributed by atoms with Crippen LogP contribution in [0.1, 0.15) is 23.4 Å². The van der Waals surface area contributed by atoms with Crippen molar-refractivity contribution in [3.05, 3.63) is 47.3 Å². The van der Waals surface area contributed by atoms with Gasteiger partial charge in [0.15, 0.2) is 0 Å². The number of aromatic nitrogens is 2. The van der Waals surface area contributed by atoms with Crippen LogP contribution in [0.3, 0.4) is 0 Å². The van der Waals surface area contributed by atoms with Crippen LogP contribution in [-0.2, 0) is 36.0 Å². The Morgan fingerprint density at radius 1 is 1.12 bits per heavy atom. The maximum absolute atomic E-state index is 12.6. The molecule has 1 aromatic heterocycles. The number of benzene rings is 1. The van der Waals surface area contributed by atoms with Crippen molar-refractivity contribution >= 4 is 10.0 Å². The molecule has 0 bridgehead atoms. The fourth-order valence-corrected chi connectivity index (χ4v) is 4.70. The lowest BCUT2D eigenvalue weighted by molar-refractivity contribution is 0.310. The standard InChI is InChI=1S/C17H21N3O3S/c21-24(22,12-11-23-14-5-2-1-3-6-14)19-9-10-20-17(13-19)15-7-4-8-16(15)18-20/h1-3,5-6H,4,7-13H2. The van der Waals surface area contributed by atoms with Crippen LogP contribution in [0.25, 0.3) is 0 Å². The quantitative estimate of drug-likeness (QED) is 0.824. The Balaban J connectivity index is 1.41. The summed E-state index contributed by atoms with van der Waals surface area (Å²) in [7, 11) is -3.32. The summed E-state index contributed by atoms with van der Waals surface area (Å²) in [4.78, 5) is 0. The molecule has 128 valence electrons. The van der Waals surface area contributed by atoms with Crippen LogP contribution in [0.2, 0.25) is 0 Å². The second kappa shape index (κ2) is 6.22. The number of hydrogen-bond acceptors (Lipinski definition) is 4. The van der Waals surface area contributed by atoms with Crippen LogP contribution in [0, 0.1) is 0 Å². The Kier molecular flexibility index (Phi) is 4.05. The average molecular weight is 347 g/mol. The number of para-hydroxylation sites is 1. The largest absolute Gasteiger partial charge is 0.492 e. The molecule has 0 fully saturated rings. The van der Waals surface area contributed by atoms with E-state index in [1.54, 1.807) is 4.31 Å². The Bertz CT molecular complexity index is 830. The highest BCUT2D eigenvalue weighted by Crippen LogP contribution is 2.28. The Morgan fingerprint density at radius 3 is 2.79 bits per heavy atom. The molecule has 4 rings (SSSR count). The molecule has 0 spiro atoms. The van der Waals surface area contributed by atoms with Crippen molar-refractivity contribution < 1.29 is 13.2 Å². The molecule has 1 aliphatic heterocycles. The van der Waals surface area contributed by atoms with Crippen molar-refractivity contribution in [2.24, 2.45) is 0 Å². The fourth-order valence-electron chi connectivity index (χ4n) is 3.47. The SMILES string of the molecule is O=S(=O)(CCOc1ccccc1)N1CCn2nc3c(c2C1)CCC3. The molecule has 0 atom stereocenters. The highest BCUT2D eigenvalue weighted by atomic mass is 32.2. The highest BCUT2D eigenvalue weighted by Gasteiger charge is 2.31. The van der Waals surface area contributed by atoms with E-state index in [-0.39, 0.29) is 12.4 Å². The predicted octanol–water partition coefficient (Wildman–Crippen LogP) is 1.60. The molecule has 0 N–H and O–H groups in total. The molecule has 7 heteroatoms. The zero-order chi connectivity index (χ0) is 16.6. The molecule has 0 amide bonds. The van der Waals surface area contributed by atoms with Gasteiger partial charge in [0.05, 0.1) is 30.2 Å². The van der Waals surface area contributed by atoms with E-state index in [0.717, 1.165) is 30.7 Å². The van der Waals surface area contributed by atoms with Gasteiger partial charge >= 0.3 is 0 Å². The van der Waals surface area contributed by atoms with Gasteiger partial charge in [-0.1, -0.05) is 18.2 Å². The Morgan fingerprint density at radius 2 is 1.96 bits per heavy atom. The first-order valence-corrected chi connectivity index (χ1v) is 9.97. The van der Waals surface area contributed by atoms with E-state index >= 15 is 0 Å². The summed E-state index contributed by atoms with van der Waals surface area (Å²) in [5.74, 6) is 0.695. The van der Waals surface area contributed by atoms with E-state index in [1.807, 2.05) is 35.0 Å². The number of sulfonamides is 1. The van der Waals surface area contributed by atoms with Gasteiger partial charge in [0, 0.05) is 6.54 Å².